The molecular formula is C20H20N4O3. The highest BCUT2D eigenvalue weighted by molar-refractivity contribution is 5.77. The molecule has 2 aliphatic rings. The molecule has 0 saturated carbocycles. The first-order valence-corrected chi connectivity index (χ1v) is 9.27. The molecule has 0 radical (unpaired) electrons. The Kier molecular flexibility index (Phi) is 3.92. The maximum Gasteiger partial charge on any atom is 0.231 e. The van der Waals surface area contributed by atoms with E-state index in [0.717, 1.165) is 47.9 Å². The van der Waals surface area contributed by atoms with E-state index < -0.39 is 0 Å². The van der Waals surface area contributed by atoms with Gasteiger partial charge in [0.1, 0.15) is 0 Å². The second-order valence-electron chi connectivity index (χ2n) is 6.92. The lowest BCUT2D eigenvalue weighted by molar-refractivity contribution is -0.132. The van der Waals surface area contributed by atoms with Crippen LogP contribution in [0.25, 0.3) is 5.65 Å². The Hall–Kier alpha value is -3.09. The van der Waals surface area contributed by atoms with E-state index in [2.05, 4.69) is 10.2 Å². The van der Waals surface area contributed by atoms with Gasteiger partial charge in [0.2, 0.25) is 12.7 Å². The van der Waals surface area contributed by atoms with E-state index >= 15 is 0 Å². The fourth-order valence-corrected chi connectivity index (χ4v) is 3.91. The van der Waals surface area contributed by atoms with Crippen molar-refractivity contribution in [3.05, 3.63) is 54.0 Å². The molecule has 2 aliphatic heterocycles. The van der Waals surface area contributed by atoms with Gasteiger partial charge < -0.3 is 14.4 Å². The third-order valence-corrected chi connectivity index (χ3v) is 5.28. The monoisotopic (exact) mass is 364 g/mol. The van der Waals surface area contributed by atoms with Gasteiger partial charge in [0.15, 0.2) is 23.0 Å². The van der Waals surface area contributed by atoms with Crippen LogP contribution >= 0.6 is 0 Å². The molecule has 7 nitrogen and oxygen atoms in total. The number of hydrogen-bond acceptors (Lipinski definition) is 5. The maximum atomic E-state index is 12.9. The minimum absolute atomic E-state index is 0.00773. The minimum atomic E-state index is -0.00773. The lowest BCUT2D eigenvalue weighted by Crippen LogP contribution is -2.31. The molecule has 0 spiro atoms. The number of ether oxygens (including phenoxy) is 2. The molecule has 1 atom stereocenters. The van der Waals surface area contributed by atoms with Crippen LogP contribution in [0.3, 0.4) is 0 Å². The first-order chi connectivity index (χ1) is 13.3. The van der Waals surface area contributed by atoms with Gasteiger partial charge in [-0.1, -0.05) is 12.1 Å². The fourth-order valence-electron chi connectivity index (χ4n) is 3.91. The van der Waals surface area contributed by atoms with Gasteiger partial charge in [-0.25, -0.2) is 0 Å². The van der Waals surface area contributed by atoms with Gasteiger partial charge in [0.05, 0.1) is 6.04 Å². The van der Waals surface area contributed by atoms with Gasteiger partial charge in [-0.2, -0.15) is 0 Å². The van der Waals surface area contributed by atoms with Crippen LogP contribution < -0.4 is 9.47 Å². The molecule has 7 heteroatoms. The molecule has 27 heavy (non-hydrogen) atoms. The zero-order valence-electron chi connectivity index (χ0n) is 14.9. The van der Waals surface area contributed by atoms with E-state index in [1.54, 1.807) is 0 Å². The number of aryl methyl sites for hydroxylation is 1. The van der Waals surface area contributed by atoms with Gasteiger partial charge in [0.25, 0.3) is 0 Å². The number of amides is 1. The third-order valence-electron chi connectivity index (χ3n) is 5.28. The molecule has 1 aromatic carbocycles. The summed E-state index contributed by atoms with van der Waals surface area (Å²) in [5.74, 6) is 2.53. The Morgan fingerprint density at radius 1 is 1.15 bits per heavy atom. The summed E-state index contributed by atoms with van der Waals surface area (Å²) in [4.78, 5) is 14.9. The van der Waals surface area contributed by atoms with Gasteiger partial charge in [-0.15, -0.1) is 10.2 Å². The van der Waals surface area contributed by atoms with Crippen molar-refractivity contribution in [1.82, 2.24) is 19.5 Å². The highest BCUT2D eigenvalue weighted by Gasteiger charge is 2.32. The van der Waals surface area contributed by atoms with Crippen LogP contribution in [-0.2, 0) is 11.2 Å². The van der Waals surface area contributed by atoms with Gasteiger partial charge in [-0.05, 0) is 49.1 Å². The van der Waals surface area contributed by atoms with Gasteiger partial charge in [0, 0.05) is 19.2 Å². The number of likely N-dealkylation sites (tertiary alicyclic amines) is 1. The molecule has 1 saturated heterocycles. The average molecular weight is 364 g/mol. The van der Waals surface area contributed by atoms with Crippen molar-refractivity contribution >= 4 is 11.6 Å². The Morgan fingerprint density at radius 2 is 2.07 bits per heavy atom. The maximum absolute atomic E-state index is 12.9. The number of fused-ring (bicyclic) bond motifs is 2. The minimum Gasteiger partial charge on any atom is -0.454 e. The van der Waals surface area contributed by atoms with E-state index in [1.165, 1.54) is 0 Å². The van der Waals surface area contributed by atoms with Crippen LogP contribution in [0.2, 0.25) is 0 Å². The lowest BCUT2D eigenvalue weighted by atomic mass is 10.1. The lowest BCUT2D eigenvalue weighted by Gasteiger charge is -2.23. The summed E-state index contributed by atoms with van der Waals surface area (Å²) in [5, 5.41) is 8.59. The Morgan fingerprint density at radius 3 is 3.04 bits per heavy atom. The molecule has 0 N–H and O–H groups in total. The van der Waals surface area contributed by atoms with E-state index in [0.29, 0.717) is 12.8 Å². The van der Waals surface area contributed by atoms with Crippen LogP contribution in [0.4, 0.5) is 0 Å². The molecule has 1 fully saturated rings. The Labute approximate surface area is 156 Å². The highest BCUT2D eigenvalue weighted by atomic mass is 16.7. The summed E-state index contributed by atoms with van der Waals surface area (Å²) in [6.45, 7) is 1.03. The number of hydrogen-bond donors (Lipinski definition) is 0. The summed E-state index contributed by atoms with van der Waals surface area (Å²) in [7, 11) is 0. The number of pyridine rings is 1. The predicted octanol–water partition coefficient (Wildman–Crippen LogP) is 2.75. The van der Waals surface area contributed by atoms with E-state index in [4.69, 9.17) is 9.47 Å². The second kappa shape index (κ2) is 6.57. The second-order valence-corrected chi connectivity index (χ2v) is 6.92. The summed E-state index contributed by atoms with van der Waals surface area (Å²) < 4.78 is 12.7. The molecule has 0 aliphatic carbocycles. The molecule has 1 amide bonds. The van der Waals surface area contributed by atoms with Gasteiger partial charge in [-0.3, -0.25) is 9.20 Å². The van der Waals surface area contributed by atoms with Crippen LogP contribution in [0.1, 0.15) is 36.7 Å². The van der Waals surface area contributed by atoms with E-state index in [-0.39, 0.29) is 18.7 Å². The zero-order chi connectivity index (χ0) is 18.2. The number of carbonyl (C=O) groups excluding carboxylic acids is 1. The first kappa shape index (κ1) is 16.1. The Balaban J connectivity index is 1.30. The first-order valence-electron chi connectivity index (χ1n) is 9.27. The van der Waals surface area contributed by atoms with Gasteiger partial charge >= 0.3 is 0 Å². The number of aromatic nitrogens is 3. The molecule has 5 rings (SSSR count). The van der Waals surface area contributed by atoms with Crippen LogP contribution in [0.5, 0.6) is 11.5 Å². The van der Waals surface area contributed by atoms with Crippen LogP contribution in [-0.4, -0.2) is 38.7 Å². The third kappa shape index (κ3) is 2.89. The predicted molar refractivity (Wildman–Crippen MR) is 97.6 cm³/mol. The van der Waals surface area contributed by atoms with Crippen molar-refractivity contribution in [3.8, 4) is 11.5 Å². The summed E-state index contributed by atoms with van der Waals surface area (Å²) >= 11 is 0. The SMILES string of the molecule is O=C(CCc1ccc2c(c1)OCO2)N1CCC[C@@H]1c1nnc2ccccn12. The molecule has 4 heterocycles. The number of nitrogens with zero attached hydrogens (tertiary/aromatic N) is 4. The van der Waals surface area contributed by atoms with E-state index in [9.17, 15) is 4.79 Å². The van der Waals surface area contributed by atoms with Crippen molar-refractivity contribution in [1.29, 1.82) is 0 Å². The molecule has 3 aromatic rings. The summed E-state index contributed by atoms with van der Waals surface area (Å²) in [6.07, 6.45) is 5.01. The van der Waals surface area contributed by atoms with Crippen LogP contribution in [0.15, 0.2) is 42.6 Å². The fraction of sp³-hybridized carbons (Fsp3) is 0.350. The standard InChI is InChI=1S/C20H20N4O3/c25-19(9-7-14-6-8-16-17(12-14)27-13-26-16)23-11-3-4-15(23)20-22-21-18-5-1-2-10-24(18)20/h1-2,5-6,8,10,12,15H,3-4,7,9,11,13H2/t15-/m1/s1. The normalized spacial score (nSPS) is 18.4. The smallest absolute Gasteiger partial charge is 0.231 e. The molecule has 138 valence electrons. The summed E-state index contributed by atoms with van der Waals surface area (Å²) in [5.41, 5.74) is 1.89. The van der Waals surface area contributed by atoms with Crippen molar-refractivity contribution in [2.75, 3.05) is 13.3 Å². The number of benzene rings is 1. The number of carbonyl (C=O) groups is 1. The Bertz CT molecular complexity index is 1000. The summed E-state index contributed by atoms with van der Waals surface area (Å²) in [6, 6.07) is 11.7. The van der Waals surface area contributed by atoms with E-state index in [1.807, 2.05) is 51.9 Å². The molecule has 2 aromatic heterocycles. The zero-order valence-corrected chi connectivity index (χ0v) is 14.9. The van der Waals surface area contributed by atoms with Crippen LogP contribution in [0, 0.1) is 0 Å². The average Bonchev–Trinajstić information content (AvgIpc) is 3.43. The highest BCUT2D eigenvalue weighted by Crippen LogP contribution is 2.34. The quantitative estimate of drug-likeness (QED) is 0.712. The molecule has 0 unspecified atom stereocenters. The molecule has 0 bridgehead atoms. The van der Waals surface area contributed by atoms with Crippen molar-refractivity contribution in [2.45, 2.75) is 31.7 Å². The van der Waals surface area contributed by atoms with Crippen molar-refractivity contribution in [2.24, 2.45) is 0 Å². The largest absolute Gasteiger partial charge is 0.454 e. The topological polar surface area (TPSA) is 69.0 Å². The molecular weight excluding hydrogens is 344 g/mol. The van der Waals surface area contributed by atoms with Crippen molar-refractivity contribution in [3.63, 3.8) is 0 Å². The number of rotatable bonds is 4. The van der Waals surface area contributed by atoms with Crippen molar-refractivity contribution < 1.29 is 14.3 Å².